The molecule has 1 aliphatic heterocycles. The van der Waals surface area contributed by atoms with Crippen molar-refractivity contribution < 1.29 is 23.4 Å². The van der Waals surface area contributed by atoms with Crippen molar-refractivity contribution in [2.75, 3.05) is 20.3 Å². The van der Waals surface area contributed by atoms with Gasteiger partial charge in [-0.15, -0.1) is 0 Å². The van der Waals surface area contributed by atoms with Gasteiger partial charge in [0.15, 0.2) is 11.5 Å². The van der Waals surface area contributed by atoms with Crippen LogP contribution in [0.3, 0.4) is 0 Å². The number of carbonyl (C=O) groups excluding carboxylic acids is 1. The van der Waals surface area contributed by atoms with E-state index in [1.54, 1.807) is 13.4 Å². The van der Waals surface area contributed by atoms with Crippen LogP contribution >= 0.6 is 11.6 Å². The van der Waals surface area contributed by atoms with E-state index in [1.807, 2.05) is 60.4 Å². The van der Waals surface area contributed by atoms with Gasteiger partial charge in [0.2, 0.25) is 0 Å². The Hall–Kier alpha value is -3.42. The topological polar surface area (TPSA) is 76.9 Å². The molecule has 2 aromatic heterocycles. The monoisotopic (exact) mass is 508 g/mol. The Balaban J connectivity index is 1.42. The van der Waals surface area contributed by atoms with Crippen LogP contribution in [0, 0.1) is 6.92 Å². The van der Waals surface area contributed by atoms with Crippen LogP contribution < -0.4 is 9.47 Å². The number of benzene rings is 2. The Bertz CT molecular complexity index is 1340. The van der Waals surface area contributed by atoms with E-state index < -0.39 is 0 Å². The molecule has 0 spiro atoms. The number of ether oxygens (including phenoxy) is 3. The van der Waals surface area contributed by atoms with E-state index in [2.05, 4.69) is 4.98 Å². The number of amides is 1. The number of carbonyl (C=O) groups is 1. The lowest BCUT2D eigenvalue weighted by atomic mass is 10.1. The Morgan fingerprint density at radius 3 is 2.83 bits per heavy atom. The van der Waals surface area contributed by atoms with Gasteiger partial charge in [-0.05, 0) is 73.4 Å². The molecular formula is C28H29ClN2O5. The maximum Gasteiger partial charge on any atom is 0.270 e. The van der Waals surface area contributed by atoms with E-state index in [9.17, 15) is 4.79 Å². The molecule has 0 bridgehead atoms. The standard InChI is InChI=1S/C28H29ClN2O5/c1-18-23-14-20(29)8-9-24(23)30-27(18)28(32)31(16-21-5-3-11-34-21)15-19-7-10-25(33-2)26(13-19)36-17-22-6-4-12-35-22/h4,6-10,12-14,21,30H,3,5,11,15-17H2,1-2H3. The summed E-state index contributed by atoms with van der Waals surface area (Å²) in [4.78, 5) is 19.0. The van der Waals surface area contributed by atoms with Gasteiger partial charge in [0, 0.05) is 35.6 Å². The highest BCUT2D eigenvalue weighted by Gasteiger charge is 2.26. The Labute approximate surface area is 214 Å². The van der Waals surface area contributed by atoms with E-state index in [0.717, 1.165) is 41.5 Å². The van der Waals surface area contributed by atoms with Gasteiger partial charge >= 0.3 is 0 Å². The third-order valence-electron chi connectivity index (χ3n) is 6.52. The normalized spacial score (nSPS) is 15.4. The van der Waals surface area contributed by atoms with Crippen molar-refractivity contribution in [3.63, 3.8) is 0 Å². The number of H-pyrrole nitrogens is 1. The largest absolute Gasteiger partial charge is 0.493 e. The zero-order valence-electron chi connectivity index (χ0n) is 20.4. The molecule has 0 radical (unpaired) electrons. The molecule has 1 N–H and O–H groups in total. The molecule has 188 valence electrons. The Morgan fingerprint density at radius 1 is 1.19 bits per heavy atom. The van der Waals surface area contributed by atoms with Gasteiger partial charge in [-0.25, -0.2) is 0 Å². The first kappa shape index (κ1) is 24.3. The third kappa shape index (κ3) is 5.22. The number of methoxy groups -OCH3 is 1. The zero-order chi connectivity index (χ0) is 25.1. The van der Waals surface area contributed by atoms with Gasteiger partial charge in [0.05, 0.1) is 19.5 Å². The lowest BCUT2D eigenvalue weighted by molar-refractivity contribution is 0.0503. The van der Waals surface area contributed by atoms with Gasteiger partial charge in [-0.3, -0.25) is 4.79 Å². The van der Waals surface area contributed by atoms with Gasteiger partial charge in [0.25, 0.3) is 5.91 Å². The van der Waals surface area contributed by atoms with Crippen molar-refractivity contribution in [2.24, 2.45) is 0 Å². The van der Waals surface area contributed by atoms with Gasteiger partial charge in [0.1, 0.15) is 18.1 Å². The molecule has 1 fully saturated rings. The molecule has 3 heterocycles. The molecule has 0 saturated carbocycles. The van der Waals surface area contributed by atoms with E-state index in [4.69, 9.17) is 30.2 Å². The SMILES string of the molecule is COc1ccc(CN(CC2CCCO2)C(=O)c2[nH]c3ccc(Cl)cc3c2C)cc1OCc1ccco1. The van der Waals surface area contributed by atoms with E-state index in [1.165, 1.54) is 0 Å². The van der Waals surface area contributed by atoms with Crippen LogP contribution in [-0.2, 0) is 17.9 Å². The molecule has 0 aliphatic carbocycles. The minimum Gasteiger partial charge on any atom is -0.493 e. The van der Waals surface area contributed by atoms with Crippen molar-refractivity contribution in [3.8, 4) is 11.5 Å². The summed E-state index contributed by atoms with van der Waals surface area (Å²) >= 11 is 6.21. The van der Waals surface area contributed by atoms with Crippen molar-refractivity contribution >= 4 is 28.4 Å². The summed E-state index contributed by atoms with van der Waals surface area (Å²) in [6.45, 7) is 3.85. The van der Waals surface area contributed by atoms with Crippen LogP contribution in [0.25, 0.3) is 10.9 Å². The molecule has 1 atom stereocenters. The number of aromatic amines is 1. The third-order valence-corrected chi connectivity index (χ3v) is 6.76. The van der Waals surface area contributed by atoms with E-state index in [0.29, 0.717) is 41.1 Å². The highest BCUT2D eigenvalue weighted by molar-refractivity contribution is 6.31. The number of hydrogen-bond acceptors (Lipinski definition) is 5. The number of fused-ring (bicyclic) bond motifs is 1. The molecule has 2 aromatic carbocycles. The predicted molar refractivity (Wildman–Crippen MR) is 138 cm³/mol. The maximum atomic E-state index is 13.8. The summed E-state index contributed by atoms with van der Waals surface area (Å²) in [6.07, 6.45) is 3.57. The highest BCUT2D eigenvalue weighted by Crippen LogP contribution is 2.31. The molecular weight excluding hydrogens is 480 g/mol. The summed E-state index contributed by atoms with van der Waals surface area (Å²) in [7, 11) is 1.60. The summed E-state index contributed by atoms with van der Waals surface area (Å²) in [5.74, 6) is 1.84. The van der Waals surface area contributed by atoms with Gasteiger partial charge in [-0.1, -0.05) is 17.7 Å². The number of halogens is 1. The van der Waals surface area contributed by atoms with Crippen LogP contribution in [0.2, 0.25) is 5.02 Å². The van der Waals surface area contributed by atoms with Crippen LogP contribution in [0.15, 0.2) is 59.2 Å². The first-order chi connectivity index (χ1) is 17.5. The number of aryl methyl sites for hydroxylation is 1. The molecule has 36 heavy (non-hydrogen) atoms. The number of aromatic nitrogens is 1. The molecule has 5 rings (SSSR count). The molecule has 8 heteroatoms. The number of furan rings is 1. The summed E-state index contributed by atoms with van der Waals surface area (Å²) in [6, 6.07) is 15.0. The lowest BCUT2D eigenvalue weighted by Gasteiger charge is -2.26. The summed E-state index contributed by atoms with van der Waals surface area (Å²) in [5, 5.41) is 1.58. The second-order valence-corrected chi connectivity index (χ2v) is 9.43. The Morgan fingerprint density at radius 2 is 2.08 bits per heavy atom. The number of rotatable bonds is 9. The number of nitrogens with zero attached hydrogens (tertiary/aromatic N) is 1. The fraction of sp³-hybridized carbons (Fsp3) is 0.321. The average molecular weight is 509 g/mol. The van der Waals surface area contributed by atoms with Gasteiger partial charge in [-0.2, -0.15) is 0 Å². The van der Waals surface area contributed by atoms with Crippen LogP contribution in [0.1, 0.15) is 40.2 Å². The summed E-state index contributed by atoms with van der Waals surface area (Å²) < 4.78 is 22.7. The first-order valence-electron chi connectivity index (χ1n) is 12.0. The minimum atomic E-state index is -0.0794. The molecule has 1 unspecified atom stereocenters. The number of nitrogens with one attached hydrogen (secondary N) is 1. The van der Waals surface area contributed by atoms with Crippen molar-refractivity contribution in [2.45, 2.75) is 39.0 Å². The highest BCUT2D eigenvalue weighted by atomic mass is 35.5. The molecule has 4 aromatic rings. The summed E-state index contributed by atoms with van der Waals surface area (Å²) in [5.41, 5.74) is 3.25. The zero-order valence-corrected chi connectivity index (χ0v) is 21.1. The quantitative estimate of drug-likeness (QED) is 0.294. The van der Waals surface area contributed by atoms with Crippen LogP contribution in [-0.4, -0.2) is 42.2 Å². The molecule has 7 nitrogen and oxygen atoms in total. The Kier molecular flexibility index (Phi) is 7.20. The lowest BCUT2D eigenvalue weighted by Crippen LogP contribution is -2.37. The van der Waals surface area contributed by atoms with Crippen molar-refractivity contribution in [1.29, 1.82) is 0 Å². The van der Waals surface area contributed by atoms with Crippen LogP contribution in [0.4, 0.5) is 0 Å². The second-order valence-electron chi connectivity index (χ2n) is 8.99. The predicted octanol–water partition coefficient (Wildman–Crippen LogP) is 6.13. The maximum absolute atomic E-state index is 13.8. The van der Waals surface area contributed by atoms with E-state index >= 15 is 0 Å². The molecule has 1 aliphatic rings. The first-order valence-corrected chi connectivity index (χ1v) is 12.4. The van der Waals surface area contributed by atoms with Crippen LogP contribution in [0.5, 0.6) is 11.5 Å². The minimum absolute atomic E-state index is 0.0148. The van der Waals surface area contributed by atoms with E-state index in [-0.39, 0.29) is 18.6 Å². The fourth-order valence-corrected chi connectivity index (χ4v) is 4.79. The van der Waals surface area contributed by atoms with Crippen molar-refractivity contribution in [1.82, 2.24) is 9.88 Å². The van der Waals surface area contributed by atoms with Crippen molar-refractivity contribution in [3.05, 3.63) is 82.4 Å². The molecule has 1 amide bonds. The molecule has 1 saturated heterocycles. The average Bonchev–Trinajstić information content (AvgIpc) is 3.65. The fourth-order valence-electron chi connectivity index (χ4n) is 4.62. The second kappa shape index (κ2) is 10.7. The number of hydrogen-bond donors (Lipinski definition) is 1. The van der Waals surface area contributed by atoms with Gasteiger partial charge < -0.3 is 28.5 Å². The smallest absolute Gasteiger partial charge is 0.270 e.